The van der Waals surface area contributed by atoms with Crippen LogP contribution in [0.5, 0.6) is 0 Å². The molecule has 1 unspecified atom stereocenters. The Morgan fingerprint density at radius 1 is 1.55 bits per heavy atom. The average Bonchev–Trinajstić information content (AvgIpc) is 2.32. The van der Waals surface area contributed by atoms with Crippen molar-refractivity contribution in [1.82, 2.24) is 14.9 Å². The van der Waals surface area contributed by atoms with Gasteiger partial charge in [0, 0.05) is 6.54 Å². The number of hydrogen-bond donors (Lipinski definition) is 4. The summed E-state index contributed by atoms with van der Waals surface area (Å²) in [5.74, 6) is 5.55. The van der Waals surface area contributed by atoms with Gasteiger partial charge in [-0.25, -0.2) is 4.68 Å². The number of nitrogens with zero attached hydrogens (tertiary/aromatic N) is 3. The fraction of sp³-hybridized carbons (Fsp3) is 0.500. The average molecular weight is 158 g/mol. The smallest absolute Gasteiger partial charge is 0.240 e. The van der Waals surface area contributed by atoms with E-state index < -0.39 is 6.10 Å². The molecule has 0 amide bonds. The minimum absolute atomic E-state index is 0.0370. The summed E-state index contributed by atoms with van der Waals surface area (Å²) in [4.78, 5) is 0. The third kappa shape index (κ3) is 1.23. The van der Waals surface area contributed by atoms with Crippen molar-refractivity contribution in [3.05, 3.63) is 5.82 Å². The van der Waals surface area contributed by atoms with E-state index in [-0.39, 0.29) is 18.3 Å². The third-order valence-electron chi connectivity index (χ3n) is 1.27. The van der Waals surface area contributed by atoms with E-state index in [1.165, 1.54) is 0 Å². The summed E-state index contributed by atoms with van der Waals surface area (Å²) in [5.41, 5.74) is 10.4. The molecule has 1 aromatic heterocycles. The SMILES string of the molecule is NCC(O)c1nnc(N)n1N. The van der Waals surface area contributed by atoms with Crippen molar-refractivity contribution in [1.29, 1.82) is 0 Å². The summed E-state index contributed by atoms with van der Waals surface area (Å²) in [5, 5.41) is 16.1. The normalized spacial score (nSPS) is 13.3. The molecular formula is C4H10N6O. The van der Waals surface area contributed by atoms with Gasteiger partial charge in [0.25, 0.3) is 0 Å². The van der Waals surface area contributed by atoms with Crippen LogP contribution >= 0.6 is 0 Å². The zero-order chi connectivity index (χ0) is 8.43. The highest BCUT2D eigenvalue weighted by molar-refractivity contribution is 5.18. The second-order valence-corrected chi connectivity index (χ2v) is 2.04. The molecule has 1 aromatic rings. The minimum atomic E-state index is -0.912. The number of aromatic nitrogens is 3. The molecule has 0 bridgehead atoms. The van der Waals surface area contributed by atoms with Crippen molar-refractivity contribution in [3.63, 3.8) is 0 Å². The summed E-state index contributed by atoms with van der Waals surface area (Å²) in [6.45, 7) is 0.0370. The molecule has 0 radical (unpaired) electrons. The second-order valence-electron chi connectivity index (χ2n) is 2.04. The van der Waals surface area contributed by atoms with Crippen LogP contribution < -0.4 is 17.3 Å². The Morgan fingerprint density at radius 2 is 2.18 bits per heavy atom. The van der Waals surface area contributed by atoms with Gasteiger partial charge in [-0.1, -0.05) is 0 Å². The summed E-state index contributed by atoms with van der Waals surface area (Å²) in [6, 6.07) is 0. The lowest BCUT2D eigenvalue weighted by molar-refractivity contribution is 0.173. The van der Waals surface area contributed by atoms with Gasteiger partial charge in [-0.3, -0.25) is 0 Å². The van der Waals surface area contributed by atoms with Crippen LogP contribution in [0.25, 0.3) is 0 Å². The molecule has 1 heterocycles. The van der Waals surface area contributed by atoms with Gasteiger partial charge in [0.2, 0.25) is 5.95 Å². The first-order valence-electron chi connectivity index (χ1n) is 3.00. The molecule has 0 saturated carbocycles. The quantitative estimate of drug-likeness (QED) is 0.354. The zero-order valence-corrected chi connectivity index (χ0v) is 5.81. The molecule has 1 rings (SSSR count). The number of nitrogen functional groups attached to an aromatic ring is 2. The van der Waals surface area contributed by atoms with Crippen LogP contribution in [0, 0.1) is 0 Å². The Bertz CT molecular complexity index is 245. The van der Waals surface area contributed by atoms with Crippen LogP contribution in [0.4, 0.5) is 5.95 Å². The van der Waals surface area contributed by atoms with E-state index in [2.05, 4.69) is 10.2 Å². The molecule has 7 nitrogen and oxygen atoms in total. The van der Waals surface area contributed by atoms with Crippen LogP contribution in [0.1, 0.15) is 11.9 Å². The first-order valence-corrected chi connectivity index (χ1v) is 3.00. The number of rotatable bonds is 2. The summed E-state index contributed by atoms with van der Waals surface area (Å²) >= 11 is 0. The van der Waals surface area contributed by atoms with Crippen LogP contribution in [0.2, 0.25) is 0 Å². The van der Waals surface area contributed by atoms with Gasteiger partial charge in [0.1, 0.15) is 6.10 Å². The molecule has 7 N–H and O–H groups in total. The fourth-order valence-corrected chi connectivity index (χ4v) is 0.649. The van der Waals surface area contributed by atoms with Gasteiger partial charge in [-0.15, -0.1) is 10.2 Å². The van der Waals surface area contributed by atoms with Gasteiger partial charge in [0.15, 0.2) is 5.82 Å². The van der Waals surface area contributed by atoms with Crippen molar-refractivity contribution in [2.45, 2.75) is 6.10 Å². The standard InChI is InChI=1S/C4H10N6O/c5-1-2(11)3-8-9-4(6)10(3)7/h2,11H,1,5,7H2,(H2,6,9). The van der Waals surface area contributed by atoms with Crippen molar-refractivity contribution in [3.8, 4) is 0 Å². The highest BCUT2D eigenvalue weighted by atomic mass is 16.3. The van der Waals surface area contributed by atoms with Crippen LogP contribution in [0.15, 0.2) is 0 Å². The number of nitrogens with two attached hydrogens (primary N) is 3. The van der Waals surface area contributed by atoms with Gasteiger partial charge >= 0.3 is 0 Å². The number of anilines is 1. The number of hydrogen-bond acceptors (Lipinski definition) is 6. The van der Waals surface area contributed by atoms with Gasteiger partial charge in [-0.2, -0.15) is 0 Å². The third-order valence-corrected chi connectivity index (χ3v) is 1.27. The highest BCUT2D eigenvalue weighted by Crippen LogP contribution is 2.07. The lowest BCUT2D eigenvalue weighted by Crippen LogP contribution is -2.22. The molecule has 0 aliphatic carbocycles. The maximum absolute atomic E-state index is 9.14. The number of aliphatic hydroxyl groups is 1. The predicted octanol–water partition coefficient (Wildman–Crippen LogP) is -2.43. The summed E-state index contributed by atoms with van der Waals surface area (Å²) < 4.78 is 0.998. The van der Waals surface area contributed by atoms with E-state index in [4.69, 9.17) is 22.4 Å². The van der Waals surface area contributed by atoms with Crippen LogP contribution in [0.3, 0.4) is 0 Å². The lowest BCUT2D eigenvalue weighted by atomic mass is 10.3. The van der Waals surface area contributed by atoms with E-state index in [0.717, 1.165) is 4.68 Å². The zero-order valence-electron chi connectivity index (χ0n) is 5.81. The molecule has 0 aliphatic rings. The molecule has 0 fully saturated rings. The van der Waals surface area contributed by atoms with Crippen molar-refractivity contribution in [2.24, 2.45) is 5.73 Å². The molecular weight excluding hydrogens is 148 g/mol. The molecule has 0 aromatic carbocycles. The van der Waals surface area contributed by atoms with E-state index in [0.29, 0.717) is 0 Å². The molecule has 62 valence electrons. The molecule has 7 heteroatoms. The Hall–Kier alpha value is -1.34. The summed E-state index contributed by atoms with van der Waals surface area (Å²) in [7, 11) is 0. The first-order chi connectivity index (χ1) is 5.16. The van der Waals surface area contributed by atoms with E-state index in [1.54, 1.807) is 0 Å². The lowest BCUT2D eigenvalue weighted by Gasteiger charge is -2.05. The Kier molecular flexibility index (Phi) is 1.92. The molecule has 0 spiro atoms. The molecule has 0 aliphatic heterocycles. The predicted molar refractivity (Wildman–Crippen MR) is 38.6 cm³/mol. The van der Waals surface area contributed by atoms with Crippen molar-refractivity contribution >= 4 is 5.95 Å². The molecule has 1 atom stereocenters. The van der Waals surface area contributed by atoms with Crippen molar-refractivity contribution in [2.75, 3.05) is 18.1 Å². The molecule has 0 saturated heterocycles. The van der Waals surface area contributed by atoms with E-state index in [9.17, 15) is 0 Å². The number of aliphatic hydroxyl groups excluding tert-OH is 1. The van der Waals surface area contributed by atoms with Gasteiger partial charge < -0.3 is 22.4 Å². The Balaban J connectivity index is 2.94. The van der Waals surface area contributed by atoms with Gasteiger partial charge in [0.05, 0.1) is 0 Å². The largest absolute Gasteiger partial charge is 0.384 e. The van der Waals surface area contributed by atoms with Crippen molar-refractivity contribution < 1.29 is 5.11 Å². The highest BCUT2D eigenvalue weighted by Gasteiger charge is 2.13. The van der Waals surface area contributed by atoms with Crippen LogP contribution in [-0.4, -0.2) is 26.5 Å². The van der Waals surface area contributed by atoms with E-state index >= 15 is 0 Å². The fourth-order valence-electron chi connectivity index (χ4n) is 0.649. The second kappa shape index (κ2) is 2.72. The maximum atomic E-state index is 9.14. The monoisotopic (exact) mass is 158 g/mol. The topological polar surface area (TPSA) is 129 Å². The Labute approximate surface area is 62.8 Å². The Morgan fingerprint density at radius 3 is 2.55 bits per heavy atom. The summed E-state index contributed by atoms with van der Waals surface area (Å²) in [6.07, 6.45) is -0.912. The van der Waals surface area contributed by atoms with Crippen LogP contribution in [-0.2, 0) is 0 Å². The van der Waals surface area contributed by atoms with Gasteiger partial charge in [-0.05, 0) is 0 Å². The minimum Gasteiger partial charge on any atom is -0.384 e. The molecule has 11 heavy (non-hydrogen) atoms. The maximum Gasteiger partial charge on any atom is 0.240 e. The first kappa shape index (κ1) is 7.76. The van der Waals surface area contributed by atoms with E-state index in [1.807, 2.05) is 0 Å².